The first-order chi connectivity index (χ1) is 12.6. The molecule has 0 unspecified atom stereocenters. The summed E-state index contributed by atoms with van der Waals surface area (Å²) in [5.41, 5.74) is 6.19. The molecule has 1 saturated carbocycles. The van der Waals surface area contributed by atoms with E-state index in [9.17, 15) is 10.1 Å². The number of rotatable bonds is 7. The van der Waals surface area contributed by atoms with Crippen molar-refractivity contribution in [1.29, 1.82) is 0 Å². The lowest BCUT2D eigenvalue weighted by atomic mass is 10.2. The van der Waals surface area contributed by atoms with Crippen molar-refractivity contribution in [2.45, 2.75) is 38.3 Å². The number of nitrogens with zero attached hydrogens (tertiary/aromatic N) is 3. The highest BCUT2D eigenvalue weighted by Crippen LogP contribution is 2.30. The van der Waals surface area contributed by atoms with E-state index in [-0.39, 0.29) is 23.6 Å². The maximum Gasteiger partial charge on any atom is 0.329 e. The fourth-order valence-corrected chi connectivity index (χ4v) is 2.89. The second-order valence-corrected chi connectivity index (χ2v) is 6.07. The molecule has 9 heteroatoms. The molecule has 2 aromatic rings. The van der Waals surface area contributed by atoms with Crippen molar-refractivity contribution < 1.29 is 14.4 Å². The number of nitrogen functional groups attached to an aromatic ring is 1. The molecule has 1 aliphatic carbocycles. The van der Waals surface area contributed by atoms with Crippen LogP contribution in [0.25, 0.3) is 0 Å². The number of methoxy groups -OCH3 is 1. The first-order valence-electron chi connectivity index (χ1n) is 8.41. The number of aromatic nitrogens is 2. The minimum atomic E-state index is -0.615. The Hall–Kier alpha value is -3.10. The Labute approximate surface area is 150 Å². The van der Waals surface area contributed by atoms with Gasteiger partial charge >= 0.3 is 5.69 Å². The molecule has 0 spiro atoms. The molecule has 1 fully saturated rings. The summed E-state index contributed by atoms with van der Waals surface area (Å²) in [4.78, 5) is 18.0. The van der Waals surface area contributed by atoms with Gasteiger partial charge in [0.1, 0.15) is 17.7 Å². The average molecular weight is 359 g/mol. The molecule has 3 rings (SSSR count). The smallest absolute Gasteiger partial charge is 0.329 e. The molecule has 1 heterocycles. The third kappa shape index (κ3) is 4.11. The van der Waals surface area contributed by atoms with Gasteiger partial charge in [0.05, 0.1) is 18.1 Å². The van der Waals surface area contributed by atoms with Gasteiger partial charge in [-0.05, 0) is 37.8 Å². The standard InChI is InChI=1S/C17H21N5O4/c1-25-13-7-6-11(15(8-13)26-12-4-2-3-5-12)9-19-17-20-10-14(22(23)24)16(18)21-17/h6-8,10,12H,2-5,9H2,1H3,(H3,18,19,20,21). The van der Waals surface area contributed by atoms with E-state index >= 15 is 0 Å². The topological polar surface area (TPSA) is 125 Å². The Kier molecular flexibility index (Phi) is 5.35. The highest BCUT2D eigenvalue weighted by atomic mass is 16.6. The monoisotopic (exact) mass is 359 g/mol. The predicted octanol–water partition coefficient (Wildman–Crippen LogP) is 2.91. The SMILES string of the molecule is COc1ccc(CNc2ncc([N+](=O)[O-])c(N)n2)c(OC2CCCC2)c1. The maximum atomic E-state index is 10.8. The molecule has 1 aliphatic rings. The normalized spacial score (nSPS) is 14.2. The zero-order valence-corrected chi connectivity index (χ0v) is 14.5. The van der Waals surface area contributed by atoms with E-state index in [1.807, 2.05) is 18.2 Å². The second kappa shape index (κ2) is 7.85. The summed E-state index contributed by atoms with van der Waals surface area (Å²) in [6, 6.07) is 5.62. The molecular weight excluding hydrogens is 338 g/mol. The van der Waals surface area contributed by atoms with Gasteiger partial charge in [-0.2, -0.15) is 4.98 Å². The van der Waals surface area contributed by atoms with Gasteiger partial charge < -0.3 is 20.5 Å². The first kappa shape index (κ1) is 17.7. The molecule has 0 radical (unpaired) electrons. The number of nitrogens with two attached hydrogens (primary N) is 1. The minimum Gasteiger partial charge on any atom is -0.497 e. The predicted molar refractivity (Wildman–Crippen MR) is 96.3 cm³/mol. The summed E-state index contributed by atoms with van der Waals surface area (Å²) in [7, 11) is 1.61. The molecule has 0 atom stereocenters. The van der Waals surface area contributed by atoms with E-state index in [1.165, 1.54) is 12.8 Å². The van der Waals surface area contributed by atoms with Gasteiger partial charge in [0.2, 0.25) is 11.8 Å². The number of nitrogens with one attached hydrogen (secondary N) is 1. The molecule has 26 heavy (non-hydrogen) atoms. The summed E-state index contributed by atoms with van der Waals surface area (Å²) in [5.74, 6) is 1.51. The molecular formula is C17H21N5O4. The van der Waals surface area contributed by atoms with Gasteiger partial charge in [0.15, 0.2) is 0 Å². The number of anilines is 2. The van der Waals surface area contributed by atoms with E-state index in [1.54, 1.807) is 7.11 Å². The first-order valence-corrected chi connectivity index (χ1v) is 8.41. The van der Waals surface area contributed by atoms with Crippen LogP contribution in [0.15, 0.2) is 24.4 Å². The van der Waals surface area contributed by atoms with Crippen molar-refractivity contribution in [2.75, 3.05) is 18.2 Å². The van der Waals surface area contributed by atoms with E-state index in [0.29, 0.717) is 6.54 Å². The number of hydrogen-bond acceptors (Lipinski definition) is 8. The van der Waals surface area contributed by atoms with Crippen molar-refractivity contribution in [1.82, 2.24) is 9.97 Å². The Morgan fingerprint density at radius 3 is 2.81 bits per heavy atom. The van der Waals surface area contributed by atoms with Gasteiger partial charge in [-0.25, -0.2) is 4.98 Å². The van der Waals surface area contributed by atoms with E-state index in [0.717, 1.165) is 36.1 Å². The summed E-state index contributed by atoms with van der Waals surface area (Å²) in [5, 5.41) is 13.8. The highest BCUT2D eigenvalue weighted by molar-refractivity contribution is 5.53. The fourth-order valence-electron chi connectivity index (χ4n) is 2.89. The summed E-state index contributed by atoms with van der Waals surface area (Å²) >= 11 is 0. The van der Waals surface area contributed by atoms with Crippen LogP contribution in [-0.4, -0.2) is 28.1 Å². The van der Waals surface area contributed by atoms with Crippen LogP contribution in [0.3, 0.4) is 0 Å². The lowest BCUT2D eigenvalue weighted by Gasteiger charge is -2.18. The number of nitro groups is 1. The van der Waals surface area contributed by atoms with Crippen LogP contribution >= 0.6 is 0 Å². The number of hydrogen-bond donors (Lipinski definition) is 2. The van der Waals surface area contributed by atoms with Crippen LogP contribution in [0.5, 0.6) is 11.5 Å². The van der Waals surface area contributed by atoms with Gasteiger partial charge in [-0.3, -0.25) is 10.1 Å². The molecule has 1 aromatic heterocycles. The third-order valence-electron chi connectivity index (χ3n) is 4.30. The Bertz CT molecular complexity index is 793. The van der Waals surface area contributed by atoms with E-state index < -0.39 is 4.92 Å². The van der Waals surface area contributed by atoms with Crippen LogP contribution < -0.4 is 20.5 Å². The highest BCUT2D eigenvalue weighted by Gasteiger charge is 2.19. The Balaban J connectivity index is 1.74. The summed E-state index contributed by atoms with van der Waals surface area (Å²) < 4.78 is 11.4. The molecule has 9 nitrogen and oxygen atoms in total. The van der Waals surface area contributed by atoms with Crippen LogP contribution in [0, 0.1) is 10.1 Å². The van der Waals surface area contributed by atoms with E-state index in [2.05, 4.69) is 15.3 Å². The zero-order chi connectivity index (χ0) is 18.5. The van der Waals surface area contributed by atoms with Gasteiger partial charge in [0, 0.05) is 18.2 Å². The van der Waals surface area contributed by atoms with Crippen LogP contribution in [-0.2, 0) is 6.54 Å². The lowest BCUT2D eigenvalue weighted by Crippen LogP contribution is -2.14. The van der Waals surface area contributed by atoms with Crippen molar-refractivity contribution in [3.8, 4) is 11.5 Å². The van der Waals surface area contributed by atoms with Crippen LogP contribution in [0.4, 0.5) is 17.5 Å². The summed E-state index contributed by atoms with van der Waals surface area (Å²) in [6.07, 6.45) is 5.76. The van der Waals surface area contributed by atoms with Gasteiger partial charge in [-0.15, -0.1) is 0 Å². The molecule has 0 aliphatic heterocycles. The van der Waals surface area contributed by atoms with E-state index in [4.69, 9.17) is 15.2 Å². The molecule has 3 N–H and O–H groups in total. The quantitative estimate of drug-likeness (QED) is 0.571. The molecule has 0 saturated heterocycles. The van der Waals surface area contributed by atoms with Crippen molar-refractivity contribution in [3.05, 3.63) is 40.1 Å². The summed E-state index contributed by atoms with van der Waals surface area (Å²) in [6.45, 7) is 0.392. The largest absolute Gasteiger partial charge is 0.497 e. The molecule has 0 bridgehead atoms. The van der Waals surface area contributed by atoms with Crippen LogP contribution in [0.1, 0.15) is 31.2 Å². The molecule has 0 amide bonds. The minimum absolute atomic E-state index is 0.176. The molecule has 1 aromatic carbocycles. The van der Waals surface area contributed by atoms with Crippen molar-refractivity contribution >= 4 is 17.5 Å². The second-order valence-electron chi connectivity index (χ2n) is 6.07. The Morgan fingerprint density at radius 1 is 1.38 bits per heavy atom. The zero-order valence-electron chi connectivity index (χ0n) is 14.5. The van der Waals surface area contributed by atoms with Gasteiger partial charge in [0.25, 0.3) is 0 Å². The van der Waals surface area contributed by atoms with Crippen molar-refractivity contribution in [3.63, 3.8) is 0 Å². The average Bonchev–Trinajstić information content (AvgIpc) is 3.13. The number of benzene rings is 1. The Morgan fingerprint density at radius 2 is 2.15 bits per heavy atom. The molecule has 138 valence electrons. The number of ether oxygens (including phenoxy) is 2. The fraction of sp³-hybridized carbons (Fsp3) is 0.412. The maximum absolute atomic E-state index is 10.8. The third-order valence-corrected chi connectivity index (χ3v) is 4.30. The van der Waals surface area contributed by atoms with Crippen molar-refractivity contribution in [2.24, 2.45) is 0 Å². The lowest BCUT2D eigenvalue weighted by molar-refractivity contribution is -0.384. The van der Waals surface area contributed by atoms with Gasteiger partial charge in [-0.1, -0.05) is 0 Å². The van der Waals surface area contributed by atoms with Crippen LogP contribution in [0.2, 0.25) is 0 Å².